The van der Waals surface area contributed by atoms with Gasteiger partial charge >= 0.3 is 6.03 Å². The van der Waals surface area contributed by atoms with Crippen molar-refractivity contribution in [1.29, 1.82) is 5.41 Å². The molecule has 3 aromatic rings. The quantitative estimate of drug-likeness (QED) is 0.135. The number of fused-ring (bicyclic) bond motifs is 1. The summed E-state index contributed by atoms with van der Waals surface area (Å²) >= 11 is 0. The molecule has 3 amide bonds. The zero-order valence-corrected chi connectivity index (χ0v) is 27.8. The summed E-state index contributed by atoms with van der Waals surface area (Å²) < 4.78 is 13.4. The maximum atomic E-state index is 13.4. The van der Waals surface area contributed by atoms with E-state index >= 15 is 0 Å². The van der Waals surface area contributed by atoms with Crippen LogP contribution in [0.25, 0.3) is 5.70 Å². The minimum atomic E-state index is -0.409. The number of amides is 3. The maximum Gasteiger partial charge on any atom is 0.327 e. The summed E-state index contributed by atoms with van der Waals surface area (Å²) in [5.41, 5.74) is 11.8. The third-order valence-electron chi connectivity index (χ3n) is 8.90. The molecule has 7 N–H and O–H groups in total. The van der Waals surface area contributed by atoms with Gasteiger partial charge < -0.3 is 41.7 Å². The summed E-state index contributed by atoms with van der Waals surface area (Å²) in [7, 11) is 3.87. The summed E-state index contributed by atoms with van der Waals surface area (Å²) in [5, 5.41) is 20.2. The highest BCUT2D eigenvalue weighted by molar-refractivity contribution is 6.05. The van der Waals surface area contributed by atoms with Crippen molar-refractivity contribution >= 4 is 40.7 Å². The van der Waals surface area contributed by atoms with Crippen LogP contribution in [0.4, 0.5) is 26.2 Å². The monoisotopic (exact) mass is 666 g/mol. The number of hydrogen-bond donors (Lipinski definition) is 6. The first-order chi connectivity index (χ1) is 23.6. The number of carbonyl (C=O) groups excluding carboxylic acids is 2. The molecule has 3 heterocycles. The molecule has 3 aliphatic heterocycles. The molecular weight excluding hydrogens is 623 g/mol. The van der Waals surface area contributed by atoms with E-state index in [2.05, 4.69) is 44.2 Å². The Morgan fingerprint density at radius 3 is 2.45 bits per heavy atom. The Morgan fingerprint density at radius 2 is 1.73 bits per heavy atom. The fraction of sp³-hybridized carbons (Fsp3) is 0.306. The van der Waals surface area contributed by atoms with Crippen molar-refractivity contribution in [2.24, 2.45) is 5.73 Å². The Kier molecular flexibility index (Phi) is 10.1. The number of urea groups is 1. The summed E-state index contributed by atoms with van der Waals surface area (Å²) in [4.78, 5) is 34.4. The van der Waals surface area contributed by atoms with Crippen molar-refractivity contribution in [2.45, 2.75) is 19.1 Å². The molecule has 6 rings (SSSR count). The second-order valence-electron chi connectivity index (χ2n) is 12.6. The number of guanidine groups is 1. The number of anilines is 3. The first-order valence-corrected chi connectivity index (χ1v) is 16.4. The Balaban J connectivity index is 1.18. The van der Waals surface area contributed by atoms with E-state index < -0.39 is 6.17 Å². The molecule has 1 saturated heterocycles. The lowest BCUT2D eigenvalue weighted by molar-refractivity contribution is 0.102. The average molecular weight is 667 g/mol. The van der Waals surface area contributed by atoms with Crippen molar-refractivity contribution in [2.75, 3.05) is 68.5 Å². The second kappa shape index (κ2) is 14.8. The third-order valence-corrected chi connectivity index (χ3v) is 8.90. The molecule has 0 spiro atoms. The van der Waals surface area contributed by atoms with Crippen LogP contribution in [0.5, 0.6) is 0 Å². The minimum absolute atomic E-state index is 0.0690. The summed E-state index contributed by atoms with van der Waals surface area (Å²) in [6.07, 6.45) is 4.33. The third kappa shape index (κ3) is 8.19. The molecule has 0 aromatic heterocycles. The molecular formula is C36H43FN10O2. The van der Waals surface area contributed by atoms with Crippen LogP contribution in [0.15, 0.2) is 84.6 Å². The van der Waals surface area contributed by atoms with E-state index in [1.807, 2.05) is 55.7 Å². The Labute approximate surface area is 285 Å². The lowest BCUT2D eigenvalue weighted by atomic mass is 10.0. The van der Waals surface area contributed by atoms with Crippen molar-refractivity contribution in [3.63, 3.8) is 0 Å². The van der Waals surface area contributed by atoms with E-state index in [0.717, 1.165) is 86.0 Å². The first kappa shape index (κ1) is 33.5. The van der Waals surface area contributed by atoms with Gasteiger partial charge in [-0.2, -0.15) is 0 Å². The number of nitrogens with one attached hydrogen (secondary N) is 5. The zero-order chi connectivity index (χ0) is 34.5. The molecule has 0 radical (unpaired) electrons. The predicted octanol–water partition coefficient (Wildman–Crippen LogP) is 3.52. The van der Waals surface area contributed by atoms with E-state index in [9.17, 15) is 14.0 Å². The number of piperazine rings is 1. The Bertz CT molecular complexity index is 1750. The van der Waals surface area contributed by atoms with Gasteiger partial charge in [-0.15, -0.1) is 0 Å². The number of hydrogen-bond acceptors (Lipinski definition) is 7. The van der Waals surface area contributed by atoms with Crippen LogP contribution in [0, 0.1) is 11.2 Å². The predicted molar refractivity (Wildman–Crippen MR) is 192 cm³/mol. The highest BCUT2D eigenvalue weighted by atomic mass is 19.1. The Hall–Kier alpha value is -5.40. The highest BCUT2D eigenvalue weighted by Crippen LogP contribution is 2.31. The molecule has 0 bridgehead atoms. The van der Waals surface area contributed by atoms with Gasteiger partial charge in [0.05, 0.1) is 5.69 Å². The number of halogens is 1. The topological polar surface area (TPSA) is 145 Å². The van der Waals surface area contributed by atoms with E-state index in [4.69, 9.17) is 11.1 Å². The van der Waals surface area contributed by atoms with Crippen LogP contribution in [-0.2, 0) is 6.54 Å². The normalized spacial score (nSPS) is 17.1. The van der Waals surface area contributed by atoms with Gasteiger partial charge in [-0.3, -0.25) is 15.1 Å². The fourth-order valence-electron chi connectivity index (χ4n) is 6.11. The molecule has 0 saturated carbocycles. The first-order valence-electron chi connectivity index (χ1n) is 16.4. The zero-order valence-electron chi connectivity index (χ0n) is 27.8. The lowest BCUT2D eigenvalue weighted by Crippen LogP contribution is -2.51. The molecule has 13 heteroatoms. The molecule has 3 aliphatic rings. The second-order valence-corrected chi connectivity index (χ2v) is 12.6. The van der Waals surface area contributed by atoms with Gasteiger partial charge in [0.2, 0.25) is 0 Å². The van der Waals surface area contributed by atoms with Crippen LogP contribution >= 0.6 is 0 Å². The summed E-state index contributed by atoms with van der Waals surface area (Å²) in [6, 6.07) is 19.2. The fourth-order valence-corrected chi connectivity index (χ4v) is 6.11. The molecule has 1 atom stereocenters. The van der Waals surface area contributed by atoms with Gasteiger partial charge in [0.25, 0.3) is 5.91 Å². The van der Waals surface area contributed by atoms with E-state index in [1.54, 1.807) is 9.80 Å². The largest absolute Gasteiger partial charge is 0.370 e. The molecule has 12 nitrogen and oxygen atoms in total. The summed E-state index contributed by atoms with van der Waals surface area (Å²) in [6.45, 7) is 5.64. The molecule has 1 fully saturated rings. The molecule has 1 unspecified atom stereocenters. The van der Waals surface area contributed by atoms with Gasteiger partial charge in [0, 0.05) is 86.3 Å². The standard InChI is InChI=1S/C36H43FN10O2/c1-44(14-3-15-45(2)35(38)39)22-24-4-10-30(11-5-24)47-23-27-21-32(42-33(27)43-36(47)49)25-18-26(20-31(19-25)46-16-12-40-13-17-46)34(48)41-29-8-6-28(37)7-9-29/h4-11,18-21,23,33,40,42H,3,12-17,22H2,1-2H3,(H3,38,39)(H,41,48)(H,43,49). The van der Waals surface area contributed by atoms with E-state index in [0.29, 0.717) is 11.3 Å². The van der Waals surface area contributed by atoms with Gasteiger partial charge in [-0.05, 0) is 86.3 Å². The number of benzene rings is 3. The minimum Gasteiger partial charge on any atom is -0.370 e. The molecule has 3 aromatic carbocycles. The molecule has 49 heavy (non-hydrogen) atoms. The van der Waals surface area contributed by atoms with Gasteiger partial charge in [-0.25, -0.2) is 9.18 Å². The molecule has 256 valence electrons. The Morgan fingerprint density at radius 1 is 1.00 bits per heavy atom. The van der Waals surface area contributed by atoms with Crippen molar-refractivity contribution in [3.8, 4) is 0 Å². The van der Waals surface area contributed by atoms with E-state index in [-0.39, 0.29) is 23.7 Å². The van der Waals surface area contributed by atoms with Crippen molar-refractivity contribution in [1.82, 2.24) is 25.8 Å². The van der Waals surface area contributed by atoms with Gasteiger partial charge in [0.1, 0.15) is 12.0 Å². The number of carbonyl (C=O) groups is 2. The highest BCUT2D eigenvalue weighted by Gasteiger charge is 2.32. The van der Waals surface area contributed by atoms with Crippen molar-refractivity contribution < 1.29 is 14.0 Å². The number of nitrogens with two attached hydrogens (primary N) is 1. The lowest BCUT2D eigenvalue weighted by Gasteiger charge is -2.30. The number of rotatable bonds is 11. The van der Waals surface area contributed by atoms with Crippen LogP contribution in [0.2, 0.25) is 0 Å². The van der Waals surface area contributed by atoms with Crippen LogP contribution < -0.4 is 36.8 Å². The van der Waals surface area contributed by atoms with Gasteiger partial charge in [0.15, 0.2) is 5.96 Å². The van der Waals surface area contributed by atoms with E-state index in [1.165, 1.54) is 24.3 Å². The number of nitrogens with zero attached hydrogens (tertiary/aromatic N) is 4. The maximum absolute atomic E-state index is 13.4. The van der Waals surface area contributed by atoms with Crippen LogP contribution in [0.1, 0.15) is 27.9 Å². The van der Waals surface area contributed by atoms with Crippen LogP contribution in [0.3, 0.4) is 0 Å². The van der Waals surface area contributed by atoms with Gasteiger partial charge in [-0.1, -0.05) is 12.1 Å². The van der Waals surface area contributed by atoms with Crippen LogP contribution in [-0.4, -0.2) is 87.2 Å². The van der Waals surface area contributed by atoms with Crippen molar-refractivity contribution in [3.05, 3.63) is 107 Å². The molecule has 0 aliphatic carbocycles. The SMILES string of the molecule is CN(CCCN(C)C(=N)N)Cc1ccc(N2C=C3C=C(c4cc(C(=O)Nc5ccc(F)cc5)cc(N5CCNCC5)c4)NC3NC2=O)cc1. The average Bonchev–Trinajstić information content (AvgIpc) is 3.52. The smallest absolute Gasteiger partial charge is 0.327 e. The summed E-state index contributed by atoms with van der Waals surface area (Å²) in [5.74, 6) is -0.598.